The van der Waals surface area contributed by atoms with Gasteiger partial charge in [-0.2, -0.15) is 5.10 Å². The van der Waals surface area contributed by atoms with E-state index in [4.69, 9.17) is 11.6 Å². The number of hydrogen-bond acceptors (Lipinski definition) is 2. The molecule has 0 bridgehead atoms. The molecule has 94 valence electrons. The van der Waals surface area contributed by atoms with Crippen LogP contribution in [0.5, 0.6) is 0 Å². The predicted octanol–water partition coefficient (Wildman–Crippen LogP) is 2.42. The quantitative estimate of drug-likeness (QED) is 0.890. The van der Waals surface area contributed by atoms with Crippen LogP contribution >= 0.6 is 11.6 Å². The summed E-state index contributed by atoms with van der Waals surface area (Å²) in [5.41, 5.74) is 1.56. The SMILES string of the molecule is CC(Cc1ccccc1Cl)NC(=O)c1cn[nH]c1. The molecule has 18 heavy (non-hydrogen) atoms. The second kappa shape index (κ2) is 5.69. The van der Waals surface area contributed by atoms with Crippen LogP contribution in [0.15, 0.2) is 36.7 Å². The Bertz CT molecular complexity index is 525. The molecule has 0 saturated heterocycles. The van der Waals surface area contributed by atoms with Crippen LogP contribution in [-0.4, -0.2) is 22.1 Å². The van der Waals surface area contributed by atoms with Gasteiger partial charge in [0.15, 0.2) is 0 Å². The van der Waals surface area contributed by atoms with E-state index in [0.717, 1.165) is 10.6 Å². The highest BCUT2D eigenvalue weighted by Crippen LogP contribution is 2.16. The first-order valence-corrected chi connectivity index (χ1v) is 6.07. The Morgan fingerprint density at radius 2 is 2.28 bits per heavy atom. The maximum atomic E-state index is 11.8. The van der Waals surface area contributed by atoms with Gasteiger partial charge >= 0.3 is 0 Å². The summed E-state index contributed by atoms with van der Waals surface area (Å²) in [5.74, 6) is -0.136. The van der Waals surface area contributed by atoms with Crippen LogP contribution in [0.3, 0.4) is 0 Å². The first-order valence-electron chi connectivity index (χ1n) is 5.70. The van der Waals surface area contributed by atoms with Crippen LogP contribution < -0.4 is 5.32 Å². The van der Waals surface area contributed by atoms with Crippen LogP contribution in [0.4, 0.5) is 0 Å². The minimum atomic E-state index is -0.136. The number of nitrogens with zero attached hydrogens (tertiary/aromatic N) is 1. The number of carbonyl (C=O) groups excluding carboxylic acids is 1. The Kier molecular flexibility index (Phi) is 3.99. The molecular formula is C13H14ClN3O. The Labute approximate surface area is 110 Å². The zero-order valence-electron chi connectivity index (χ0n) is 9.98. The van der Waals surface area contributed by atoms with Crippen molar-refractivity contribution in [3.05, 3.63) is 52.8 Å². The van der Waals surface area contributed by atoms with Crippen molar-refractivity contribution in [3.8, 4) is 0 Å². The molecule has 0 aliphatic rings. The normalized spacial score (nSPS) is 12.1. The van der Waals surface area contributed by atoms with Gasteiger partial charge in [0.25, 0.3) is 5.91 Å². The molecule has 0 fully saturated rings. The lowest BCUT2D eigenvalue weighted by molar-refractivity contribution is 0.0940. The van der Waals surface area contributed by atoms with Gasteiger partial charge in [0.05, 0.1) is 11.8 Å². The molecule has 2 N–H and O–H groups in total. The monoisotopic (exact) mass is 263 g/mol. The Morgan fingerprint density at radius 3 is 2.94 bits per heavy atom. The lowest BCUT2D eigenvalue weighted by atomic mass is 10.1. The summed E-state index contributed by atoms with van der Waals surface area (Å²) in [6, 6.07) is 7.64. The number of benzene rings is 1. The third-order valence-corrected chi connectivity index (χ3v) is 2.99. The van der Waals surface area contributed by atoms with Crippen molar-refractivity contribution in [1.82, 2.24) is 15.5 Å². The highest BCUT2D eigenvalue weighted by molar-refractivity contribution is 6.31. The molecule has 0 saturated carbocycles. The van der Waals surface area contributed by atoms with Crippen LogP contribution in [0, 0.1) is 0 Å². The van der Waals surface area contributed by atoms with E-state index in [1.54, 1.807) is 6.20 Å². The van der Waals surface area contributed by atoms with E-state index in [0.29, 0.717) is 12.0 Å². The lowest BCUT2D eigenvalue weighted by Crippen LogP contribution is -2.33. The zero-order valence-corrected chi connectivity index (χ0v) is 10.7. The van der Waals surface area contributed by atoms with Gasteiger partial charge in [-0.3, -0.25) is 9.89 Å². The number of halogens is 1. The van der Waals surface area contributed by atoms with Crippen molar-refractivity contribution in [2.75, 3.05) is 0 Å². The van der Waals surface area contributed by atoms with E-state index < -0.39 is 0 Å². The van der Waals surface area contributed by atoms with Crippen molar-refractivity contribution in [2.45, 2.75) is 19.4 Å². The van der Waals surface area contributed by atoms with Crippen molar-refractivity contribution >= 4 is 17.5 Å². The average Bonchev–Trinajstić information content (AvgIpc) is 2.85. The maximum absolute atomic E-state index is 11.8. The molecule has 1 unspecified atom stereocenters. The molecule has 1 amide bonds. The van der Waals surface area contributed by atoms with Gasteiger partial charge < -0.3 is 5.32 Å². The van der Waals surface area contributed by atoms with Gasteiger partial charge in [-0.15, -0.1) is 0 Å². The van der Waals surface area contributed by atoms with Crippen LogP contribution in [0.1, 0.15) is 22.8 Å². The number of carbonyl (C=O) groups is 1. The summed E-state index contributed by atoms with van der Waals surface area (Å²) in [6.45, 7) is 1.95. The minimum Gasteiger partial charge on any atom is -0.349 e. The van der Waals surface area contributed by atoms with Gasteiger partial charge in [0.2, 0.25) is 0 Å². The standard InChI is InChI=1S/C13H14ClN3O/c1-9(6-10-4-2-3-5-12(10)14)17-13(18)11-7-15-16-8-11/h2-5,7-9H,6H2,1H3,(H,15,16)(H,17,18). The first-order chi connectivity index (χ1) is 8.66. The van der Waals surface area contributed by atoms with E-state index in [1.807, 2.05) is 31.2 Å². The molecule has 1 heterocycles. The molecule has 1 aromatic carbocycles. The number of H-pyrrole nitrogens is 1. The highest BCUT2D eigenvalue weighted by Gasteiger charge is 2.12. The summed E-state index contributed by atoms with van der Waals surface area (Å²) in [7, 11) is 0. The van der Waals surface area contributed by atoms with E-state index in [9.17, 15) is 4.79 Å². The summed E-state index contributed by atoms with van der Waals surface area (Å²) < 4.78 is 0. The molecule has 0 aliphatic heterocycles. The Hall–Kier alpha value is -1.81. The summed E-state index contributed by atoms with van der Waals surface area (Å²) in [6.07, 6.45) is 3.76. The Morgan fingerprint density at radius 1 is 1.50 bits per heavy atom. The van der Waals surface area contributed by atoms with Crippen LogP contribution in [-0.2, 0) is 6.42 Å². The summed E-state index contributed by atoms with van der Waals surface area (Å²) in [4.78, 5) is 11.8. The molecule has 1 aromatic heterocycles. The molecule has 0 aliphatic carbocycles. The van der Waals surface area contributed by atoms with Crippen molar-refractivity contribution in [2.24, 2.45) is 0 Å². The second-order valence-electron chi connectivity index (χ2n) is 4.16. The van der Waals surface area contributed by atoms with Gasteiger partial charge in [-0.1, -0.05) is 29.8 Å². The Balaban J connectivity index is 1.95. The maximum Gasteiger partial charge on any atom is 0.254 e. The fourth-order valence-electron chi connectivity index (χ4n) is 1.73. The fourth-order valence-corrected chi connectivity index (χ4v) is 1.94. The highest BCUT2D eigenvalue weighted by atomic mass is 35.5. The number of amides is 1. The average molecular weight is 264 g/mol. The van der Waals surface area contributed by atoms with Gasteiger partial charge in [-0.25, -0.2) is 0 Å². The number of hydrogen-bond donors (Lipinski definition) is 2. The largest absolute Gasteiger partial charge is 0.349 e. The van der Waals surface area contributed by atoms with Crippen molar-refractivity contribution in [3.63, 3.8) is 0 Å². The molecule has 2 aromatic rings. The van der Waals surface area contributed by atoms with E-state index >= 15 is 0 Å². The van der Waals surface area contributed by atoms with Crippen LogP contribution in [0.25, 0.3) is 0 Å². The fraction of sp³-hybridized carbons (Fsp3) is 0.231. The molecule has 5 heteroatoms. The second-order valence-corrected chi connectivity index (χ2v) is 4.56. The summed E-state index contributed by atoms with van der Waals surface area (Å²) in [5, 5.41) is 9.98. The molecule has 0 radical (unpaired) electrons. The van der Waals surface area contributed by atoms with Gasteiger partial charge in [-0.05, 0) is 25.0 Å². The van der Waals surface area contributed by atoms with Crippen molar-refractivity contribution < 1.29 is 4.79 Å². The van der Waals surface area contributed by atoms with Crippen molar-refractivity contribution in [1.29, 1.82) is 0 Å². The molecule has 0 spiro atoms. The number of nitrogens with one attached hydrogen (secondary N) is 2. The molecule has 4 nitrogen and oxygen atoms in total. The molecule has 1 atom stereocenters. The van der Waals surface area contributed by atoms with Crippen LogP contribution in [0.2, 0.25) is 5.02 Å². The van der Waals surface area contributed by atoms with Gasteiger partial charge in [0, 0.05) is 17.3 Å². The van der Waals surface area contributed by atoms with E-state index in [-0.39, 0.29) is 11.9 Å². The minimum absolute atomic E-state index is 0.00676. The predicted molar refractivity (Wildman–Crippen MR) is 70.7 cm³/mol. The number of aromatic amines is 1. The zero-order chi connectivity index (χ0) is 13.0. The number of rotatable bonds is 4. The smallest absolute Gasteiger partial charge is 0.254 e. The summed E-state index contributed by atoms with van der Waals surface area (Å²) >= 11 is 6.08. The lowest BCUT2D eigenvalue weighted by Gasteiger charge is -2.14. The van der Waals surface area contributed by atoms with E-state index in [1.165, 1.54) is 6.20 Å². The van der Waals surface area contributed by atoms with E-state index in [2.05, 4.69) is 15.5 Å². The topological polar surface area (TPSA) is 57.8 Å². The number of aromatic nitrogens is 2. The molecule has 2 rings (SSSR count). The third-order valence-electron chi connectivity index (χ3n) is 2.62. The third kappa shape index (κ3) is 3.11. The molecular weight excluding hydrogens is 250 g/mol. The first kappa shape index (κ1) is 12.6. The van der Waals surface area contributed by atoms with Gasteiger partial charge in [0.1, 0.15) is 0 Å².